The number of rotatable bonds is 3. The number of aryl methyl sites for hydroxylation is 1. The fourth-order valence-electron chi connectivity index (χ4n) is 1.67. The number of carbonyl (C=O) groups is 1. The van der Waals surface area contributed by atoms with E-state index in [2.05, 4.69) is 10.6 Å². The third-order valence-electron chi connectivity index (χ3n) is 2.63. The summed E-state index contributed by atoms with van der Waals surface area (Å²) in [6, 6.07) is 5.68. The van der Waals surface area contributed by atoms with E-state index in [-0.39, 0.29) is 12.6 Å². The maximum Gasteiger partial charge on any atom is 0.333 e. The minimum Gasteiger partial charge on any atom is -0.456 e. The standard InChI is InChI=1S/C13H13ClN2O2S/c1-2-8-3-4-9(5-11(8)14)15-13(19)16-10-6-12(17)18-7-10/h3-6H,2,7H2,1H3,(H2,15,16,19). The fourth-order valence-corrected chi connectivity index (χ4v) is 2.23. The number of thiocarbonyl (C=S) groups is 1. The van der Waals surface area contributed by atoms with Crippen LogP contribution in [-0.4, -0.2) is 17.7 Å². The van der Waals surface area contributed by atoms with Gasteiger partial charge in [0.15, 0.2) is 5.11 Å². The Labute approximate surface area is 121 Å². The van der Waals surface area contributed by atoms with Gasteiger partial charge in [-0.05, 0) is 36.3 Å². The number of carbonyl (C=O) groups excluding carboxylic acids is 1. The zero-order valence-corrected chi connectivity index (χ0v) is 11.9. The highest BCUT2D eigenvalue weighted by Crippen LogP contribution is 2.21. The molecule has 1 heterocycles. The number of hydrogen-bond acceptors (Lipinski definition) is 3. The number of anilines is 1. The van der Waals surface area contributed by atoms with Crippen LogP contribution < -0.4 is 10.6 Å². The molecule has 0 amide bonds. The molecule has 0 aliphatic carbocycles. The minimum absolute atomic E-state index is 0.218. The van der Waals surface area contributed by atoms with E-state index < -0.39 is 0 Å². The van der Waals surface area contributed by atoms with Gasteiger partial charge in [0, 0.05) is 16.8 Å². The predicted octanol–water partition coefficient (Wildman–Crippen LogP) is 2.63. The number of hydrogen-bond donors (Lipinski definition) is 2. The van der Waals surface area contributed by atoms with Crippen molar-refractivity contribution < 1.29 is 9.53 Å². The van der Waals surface area contributed by atoms with E-state index in [1.54, 1.807) is 0 Å². The molecule has 2 N–H and O–H groups in total. The SMILES string of the molecule is CCc1ccc(NC(=S)NC2=CC(=O)OC2)cc1Cl. The van der Waals surface area contributed by atoms with E-state index in [1.165, 1.54) is 6.08 Å². The summed E-state index contributed by atoms with van der Waals surface area (Å²) in [5.41, 5.74) is 2.52. The van der Waals surface area contributed by atoms with Crippen LogP contribution in [0.3, 0.4) is 0 Å². The van der Waals surface area contributed by atoms with Gasteiger partial charge in [0.05, 0.1) is 5.70 Å². The number of esters is 1. The van der Waals surface area contributed by atoms with Crippen LogP contribution in [0.1, 0.15) is 12.5 Å². The number of benzene rings is 1. The summed E-state index contributed by atoms with van der Waals surface area (Å²) < 4.78 is 4.76. The van der Waals surface area contributed by atoms with Crippen molar-refractivity contribution in [2.75, 3.05) is 11.9 Å². The summed E-state index contributed by atoms with van der Waals surface area (Å²) in [5, 5.41) is 7.00. The van der Waals surface area contributed by atoms with E-state index >= 15 is 0 Å². The highest BCUT2D eigenvalue weighted by Gasteiger charge is 2.13. The van der Waals surface area contributed by atoms with Crippen molar-refractivity contribution in [2.45, 2.75) is 13.3 Å². The third-order valence-corrected chi connectivity index (χ3v) is 3.18. The molecule has 1 aliphatic rings. The first-order valence-electron chi connectivity index (χ1n) is 5.82. The number of cyclic esters (lactones) is 1. The van der Waals surface area contributed by atoms with Gasteiger partial charge in [-0.15, -0.1) is 0 Å². The lowest BCUT2D eigenvalue weighted by Crippen LogP contribution is -2.28. The second-order valence-electron chi connectivity index (χ2n) is 4.02. The van der Waals surface area contributed by atoms with Crippen molar-refractivity contribution in [3.05, 3.63) is 40.6 Å². The van der Waals surface area contributed by atoms with Gasteiger partial charge >= 0.3 is 5.97 Å². The lowest BCUT2D eigenvalue weighted by molar-refractivity contribution is -0.134. The Kier molecular flexibility index (Phi) is 4.39. The number of ether oxygens (including phenoxy) is 1. The van der Waals surface area contributed by atoms with E-state index in [4.69, 9.17) is 28.6 Å². The van der Waals surface area contributed by atoms with E-state index in [1.807, 2.05) is 25.1 Å². The molecule has 6 heteroatoms. The second kappa shape index (κ2) is 6.04. The first-order valence-corrected chi connectivity index (χ1v) is 6.61. The predicted molar refractivity (Wildman–Crippen MR) is 79.2 cm³/mol. The van der Waals surface area contributed by atoms with Crippen LogP contribution in [0.2, 0.25) is 5.02 Å². The van der Waals surface area contributed by atoms with Gasteiger partial charge in [0.25, 0.3) is 0 Å². The summed E-state index contributed by atoms with van der Waals surface area (Å²) in [6.45, 7) is 2.26. The van der Waals surface area contributed by atoms with Gasteiger partial charge in [-0.2, -0.15) is 0 Å². The summed E-state index contributed by atoms with van der Waals surface area (Å²) >= 11 is 11.3. The molecule has 0 atom stereocenters. The molecule has 0 spiro atoms. The van der Waals surface area contributed by atoms with Crippen molar-refractivity contribution in [2.24, 2.45) is 0 Å². The van der Waals surface area contributed by atoms with E-state index in [0.717, 1.165) is 17.7 Å². The molecule has 1 aromatic rings. The average molecular weight is 297 g/mol. The zero-order chi connectivity index (χ0) is 13.8. The summed E-state index contributed by atoms with van der Waals surface area (Å²) in [6.07, 6.45) is 2.26. The van der Waals surface area contributed by atoms with Gasteiger partial charge in [0.1, 0.15) is 6.61 Å². The molecule has 19 heavy (non-hydrogen) atoms. The number of halogens is 1. The van der Waals surface area contributed by atoms with Gasteiger partial charge in [-0.1, -0.05) is 24.6 Å². The van der Waals surface area contributed by atoms with Crippen molar-refractivity contribution >= 4 is 40.6 Å². The molecule has 100 valence electrons. The normalized spacial score (nSPS) is 13.8. The molecular weight excluding hydrogens is 284 g/mol. The van der Waals surface area contributed by atoms with Crippen LogP contribution in [-0.2, 0) is 16.0 Å². The third kappa shape index (κ3) is 3.68. The average Bonchev–Trinajstić information content (AvgIpc) is 2.74. The Bertz CT molecular complexity index is 558. The van der Waals surface area contributed by atoms with Gasteiger partial charge in [0.2, 0.25) is 0 Å². The molecule has 0 fully saturated rings. The van der Waals surface area contributed by atoms with E-state index in [0.29, 0.717) is 15.8 Å². The van der Waals surface area contributed by atoms with Crippen LogP contribution in [0.5, 0.6) is 0 Å². The van der Waals surface area contributed by atoms with Crippen LogP contribution in [0.15, 0.2) is 30.0 Å². The lowest BCUT2D eigenvalue weighted by Gasteiger charge is -2.11. The molecule has 4 nitrogen and oxygen atoms in total. The van der Waals surface area contributed by atoms with Crippen molar-refractivity contribution in [3.63, 3.8) is 0 Å². The highest BCUT2D eigenvalue weighted by molar-refractivity contribution is 7.80. The smallest absolute Gasteiger partial charge is 0.333 e. The summed E-state index contributed by atoms with van der Waals surface area (Å²) in [7, 11) is 0. The quantitative estimate of drug-likeness (QED) is 0.663. The minimum atomic E-state index is -0.361. The Morgan fingerprint density at radius 1 is 1.47 bits per heavy atom. The van der Waals surface area contributed by atoms with Crippen molar-refractivity contribution in [1.29, 1.82) is 0 Å². The van der Waals surface area contributed by atoms with Crippen LogP contribution in [0.4, 0.5) is 5.69 Å². The first-order chi connectivity index (χ1) is 9.08. The maximum atomic E-state index is 10.9. The zero-order valence-electron chi connectivity index (χ0n) is 10.3. The first kappa shape index (κ1) is 13.8. The van der Waals surface area contributed by atoms with Crippen LogP contribution in [0, 0.1) is 0 Å². The van der Waals surface area contributed by atoms with Crippen LogP contribution in [0.25, 0.3) is 0 Å². The molecule has 2 rings (SSSR count). The molecule has 0 radical (unpaired) electrons. The second-order valence-corrected chi connectivity index (χ2v) is 4.83. The van der Waals surface area contributed by atoms with Crippen molar-refractivity contribution in [1.82, 2.24) is 5.32 Å². The molecule has 1 aliphatic heterocycles. The number of nitrogens with one attached hydrogen (secondary N) is 2. The Hall–Kier alpha value is -1.59. The van der Waals surface area contributed by atoms with Gasteiger partial charge in [-0.25, -0.2) is 4.79 Å². The molecule has 0 aromatic heterocycles. The lowest BCUT2D eigenvalue weighted by atomic mass is 10.1. The largest absolute Gasteiger partial charge is 0.456 e. The maximum absolute atomic E-state index is 10.9. The Balaban J connectivity index is 1.97. The van der Waals surface area contributed by atoms with Crippen LogP contribution >= 0.6 is 23.8 Å². The molecule has 0 unspecified atom stereocenters. The molecule has 1 aromatic carbocycles. The molecule has 0 saturated carbocycles. The van der Waals surface area contributed by atoms with Gasteiger partial charge < -0.3 is 15.4 Å². The fraction of sp³-hybridized carbons (Fsp3) is 0.231. The topological polar surface area (TPSA) is 50.4 Å². The summed E-state index contributed by atoms with van der Waals surface area (Å²) in [5.74, 6) is -0.361. The highest BCUT2D eigenvalue weighted by atomic mass is 35.5. The van der Waals surface area contributed by atoms with E-state index in [9.17, 15) is 4.79 Å². The monoisotopic (exact) mass is 296 g/mol. The van der Waals surface area contributed by atoms with Gasteiger partial charge in [-0.3, -0.25) is 0 Å². The Morgan fingerprint density at radius 2 is 2.26 bits per heavy atom. The Morgan fingerprint density at radius 3 is 2.84 bits per heavy atom. The molecule has 0 saturated heterocycles. The molecule has 0 bridgehead atoms. The molecular formula is C13H13ClN2O2S. The van der Waals surface area contributed by atoms with Crippen molar-refractivity contribution in [3.8, 4) is 0 Å². The summed E-state index contributed by atoms with van der Waals surface area (Å²) in [4.78, 5) is 10.9.